The zero-order chi connectivity index (χ0) is 8.08. The Labute approximate surface area is 67.7 Å². The molecule has 9 heteroatoms. The first-order valence-corrected chi connectivity index (χ1v) is 3.00. The van der Waals surface area contributed by atoms with Gasteiger partial charge in [0, 0.05) is 0 Å². The fraction of sp³-hybridized carbons (Fsp3) is 0. The average Bonchev–Trinajstić information content (AvgIpc) is 1.19. The molecule has 0 amide bonds. The fourth-order valence-electron chi connectivity index (χ4n) is 0. The molecule has 7 nitrogen and oxygen atoms in total. The van der Waals surface area contributed by atoms with Gasteiger partial charge in [-0.3, -0.25) is 0 Å². The van der Waals surface area contributed by atoms with Crippen molar-refractivity contribution >= 4 is 32.8 Å². The van der Waals surface area contributed by atoms with Gasteiger partial charge in [-0.05, 0) is 0 Å². The van der Waals surface area contributed by atoms with Gasteiger partial charge in [0.1, 0.15) is 0 Å². The molecule has 0 aromatic rings. The van der Waals surface area contributed by atoms with Crippen molar-refractivity contribution in [2.75, 3.05) is 0 Å². The van der Waals surface area contributed by atoms with Gasteiger partial charge >= 0.3 is 32.8 Å². The summed E-state index contributed by atoms with van der Waals surface area (Å²) in [5.74, 6) is 0. The Morgan fingerprint density at radius 3 is 1.10 bits per heavy atom. The molecule has 0 aromatic carbocycles. The summed E-state index contributed by atoms with van der Waals surface area (Å²) in [5.41, 5.74) is 0. The van der Waals surface area contributed by atoms with E-state index in [1.165, 1.54) is 0 Å². The second kappa shape index (κ2) is 7.09. The molecule has 0 saturated carbocycles. The van der Waals surface area contributed by atoms with Gasteiger partial charge in [0.15, 0.2) is 0 Å². The van der Waals surface area contributed by atoms with Crippen LogP contribution < -0.4 is 0 Å². The van der Waals surface area contributed by atoms with Crippen LogP contribution in [0.1, 0.15) is 0 Å². The van der Waals surface area contributed by atoms with Gasteiger partial charge in [0.25, 0.3) is 0 Å². The Morgan fingerprint density at radius 2 is 1.10 bits per heavy atom. The quantitative estimate of drug-likeness (QED) is 0.222. The van der Waals surface area contributed by atoms with E-state index in [1.807, 2.05) is 0 Å². The second-order valence-corrected chi connectivity index (χ2v) is 1.82. The number of hydrogen-bond acceptors (Lipinski definition) is 2. The van der Waals surface area contributed by atoms with Gasteiger partial charge in [0.2, 0.25) is 0 Å². The number of carbonyl (C=O) groups is 1. The minimum atomic E-state index is -4.64. The molecule has 0 bridgehead atoms. The molecule has 0 aliphatic carbocycles. The molecule has 0 unspecified atom stereocenters. The Bertz CT molecular complexity index is 113. The van der Waals surface area contributed by atoms with Crippen molar-refractivity contribution in [3.05, 3.63) is 0 Å². The van der Waals surface area contributed by atoms with Gasteiger partial charge in [-0.25, -0.2) is 9.36 Å². The standard InChI is InChI=1S/CH2O3.Li.H3O4P.H/c2-1(3)4;;1-5(2,3)4;/h(H2,2,3,4);;(H3,1,2,3,4);. The number of phosphoric acid groups is 1. The van der Waals surface area contributed by atoms with Gasteiger partial charge in [-0.15, -0.1) is 0 Å². The van der Waals surface area contributed by atoms with Crippen LogP contribution in [0.2, 0.25) is 0 Å². The summed E-state index contributed by atoms with van der Waals surface area (Å²) in [6.07, 6.45) is -1.83. The van der Waals surface area contributed by atoms with Gasteiger partial charge in [-0.1, -0.05) is 0 Å². The summed E-state index contributed by atoms with van der Waals surface area (Å²) in [6.45, 7) is 0. The van der Waals surface area contributed by atoms with E-state index in [2.05, 4.69) is 0 Å². The molecular formula is CH6LiO7P. The van der Waals surface area contributed by atoms with Gasteiger partial charge in [-0.2, -0.15) is 0 Å². The SMILES string of the molecule is O=C(O)O.O=P(O)(O)O.[LiH]. The van der Waals surface area contributed by atoms with E-state index in [4.69, 9.17) is 34.3 Å². The molecule has 0 atom stereocenters. The Hall–Kier alpha value is -0.0226. The maximum absolute atomic E-state index is 8.88. The first-order valence-electron chi connectivity index (χ1n) is 1.43. The maximum atomic E-state index is 8.88. The molecule has 0 aliphatic heterocycles. The van der Waals surface area contributed by atoms with Crippen molar-refractivity contribution in [3.8, 4) is 0 Å². The molecule has 0 aromatic heterocycles. The van der Waals surface area contributed by atoms with Crippen LogP contribution in [0.15, 0.2) is 0 Å². The normalized spacial score (nSPS) is 8.30. The molecule has 0 aliphatic rings. The van der Waals surface area contributed by atoms with Gasteiger partial charge < -0.3 is 24.9 Å². The third kappa shape index (κ3) is 761000. The topological polar surface area (TPSA) is 135 Å². The monoisotopic (exact) mass is 168 g/mol. The van der Waals surface area contributed by atoms with Crippen molar-refractivity contribution in [2.45, 2.75) is 0 Å². The number of carboxylic acid groups (broad SMARTS) is 2. The summed E-state index contributed by atoms with van der Waals surface area (Å²) < 4.78 is 8.88. The van der Waals surface area contributed by atoms with Gasteiger partial charge in [0.05, 0.1) is 0 Å². The molecule has 0 radical (unpaired) electrons. The molecule has 0 saturated heterocycles. The molecule has 0 spiro atoms. The van der Waals surface area contributed by atoms with E-state index in [-0.39, 0.29) is 18.9 Å². The van der Waals surface area contributed by atoms with E-state index in [9.17, 15) is 0 Å². The summed E-state index contributed by atoms with van der Waals surface area (Å²) in [4.78, 5) is 30.1. The first-order chi connectivity index (χ1) is 3.73. The Kier molecular flexibility index (Phi) is 11.7. The Morgan fingerprint density at radius 1 is 1.10 bits per heavy atom. The molecular weight excluding hydrogens is 162 g/mol. The molecule has 5 N–H and O–H groups in total. The van der Waals surface area contributed by atoms with Crippen molar-refractivity contribution in [2.24, 2.45) is 0 Å². The van der Waals surface area contributed by atoms with Crippen molar-refractivity contribution in [1.82, 2.24) is 0 Å². The van der Waals surface area contributed by atoms with Crippen LogP contribution in [0.5, 0.6) is 0 Å². The van der Waals surface area contributed by atoms with Crippen LogP contribution in [0.4, 0.5) is 4.79 Å². The van der Waals surface area contributed by atoms with Crippen LogP contribution in [-0.2, 0) is 4.57 Å². The predicted molar refractivity (Wildman–Crippen MR) is 32.1 cm³/mol. The molecule has 58 valence electrons. The zero-order valence-corrected chi connectivity index (χ0v) is 4.89. The van der Waals surface area contributed by atoms with Crippen LogP contribution in [0.3, 0.4) is 0 Å². The molecule has 0 rings (SSSR count). The van der Waals surface area contributed by atoms with Crippen LogP contribution >= 0.6 is 7.82 Å². The van der Waals surface area contributed by atoms with Crippen molar-refractivity contribution < 1.29 is 34.3 Å². The summed E-state index contributed by atoms with van der Waals surface area (Å²) in [6, 6.07) is 0. The predicted octanol–water partition coefficient (Wildman–Crippen LogP) is -1.35. The third-order valence-electron chi connectivity index (χ3n) is 0. The van der Waals surface area contributed by atoms with Crippen molar-refractivity contribution in [1.29, 1.82) is 0 Å². The van der Waals surface area contributed by atoms with E-state index in [0.717, 1.165) is 0 Å². The minimum absolute atomic E-state index is 0. The third-order valence-corrected chi connectivity index (χ3v) is 0. The van der Waals surface area contributed by atoms with Crippen LogP contribution in [0.25, 0.3) is 0 Å². The Balaban J connectivity index is -0.0000000910. The first kappa shape index (κ1) is 16.5. The zero-order valence-electron chi connectivity index (χ0n) is 4.00. The van der Waals surface area contributed by atoms with Crippen LogP contribution in [0, 0.1) is 0 Å². The van der Waals surface area contributed by atoms with E-state index in [0.29, 0.717) is 0 Å². The van der Waals surface area contributed by atoms with Crippen LogP contribution in [-0.4, -0.2) is 49.9 Å². The summed E-state index contributed by atoms with van der Waals surface area (Å²) in [7, 11) is -4.64. The molecule has 10 heavy (non-hydrogen) atoms. The number of rotatable bonds is 0. The van der Waals surface area contributed by atoms with E-state index in [1.54, 1.807) is 0 Å². The average molecular weight is 168 g/mol. The van der Waals surface area contributed by atoms with E-state index < -0.39 is 14.0 Å². The molecule has 0 heterocycles. The molecule has 0 fully saturated rings. The van der Waals surface area contributed by atoms with Crippen molar-refractivity contribution in [3.63, 3.8) is 0 Å². The summed E-state index contributed by atoms with van der Waals surface area (Å²) >= 11 is 0. The fourth-order valence-corrected chi connectivity index (χ4v) is 0. The van der Waals surface area contributed by atoms with E-state index >= 15 is 0 Å². The number of hydrogen-bond donors (Lipinski definition) is 5. The second-order valence-electron chi connectivity index (χ2n) is 0.796. The summed E-state index contributed by atoms with van der Waals surface area (Å²) in [5, 5.41) is 13.9.